The number of thiazole rings is 1. The molecule has 0 fully saturated rings. The third kappa shape index (κ3) is 2.76. The van der Waals surface area contributed by atoms with Gasteiger partial charge in [-0.05, 0) is 37.4 Å². The van der Waals surface area contributed by atoms with E-state index in [1.165, 1.54) is 21.1 Å². The normalized spacial score (nSPS) is 12.9. The molecule has 0 spiro atoms. The first-order valence-corrected chi connectivity index (χ1v) is 7.66. The summed E-state index contributed by atoms with van der Waals surface area (Å²) in [5, 5.41) is 8.75. The van der Waals surface area contributed by atoms with Crippen LogP contribution in [0.3, 0.4) is 0 Å². The number of hydrogen-bond donors (Lipinski definition) is 1. The summed E-state index contributed by atoms with van der Waals surface area (Å²) in [6.45, 7) is 5.37. The van der Waals surface area contributed by atoms with Crippen molar-refractivity contribution in [1.29, 1.82) is 0 Å². The Bertz CT molecular complexity index is 473. The molecule has 0 aromatic carbocycles. The number of aromatic nitrogens is 1. The number of thiophene rings is 1. The summed E-state index contributed by atoms with van der Waals surface area (Å²) in [6.07, 6.45) is 1.13. The third-order valence-electron chi connectivity index (χ3n) is 2.94. The van der Waals surface area contributed by atoms with E-state index < -0.39 is 0 Å². The van der Waals surface area contributed by atoms with Gasteiger partial charge in [0.2, 0.25) is 0 Å². The van der Waals surface area contributed by atoms with E-state index in [1.807, 2.05) is 7.05 Å². The van der Waals surface area contributed by atoms with Gasteiger partial charge in [-0.2, -0.15) is 0 Å². The lowest BCUT2D eigenvalue weighted by Crippen LogP contribution is -2.16. The maximum absolute atomic E-state index is 4.79. The number of nitrogens with zero attached hydrogens (tertiary/aromatic N) is 1. The van der Waals surface area contributed by atoms with Crippen molar-refractivity contribution in [3.63, 3.8) is 0 Å². The van der Waals surface area contributed by atoms with Gasteiger partial charge in [0.1, 0.15) is 5.01 Å². The van der Waals surface area contributed by atoms with Crippen molar-refractivity contribution in [1.82, 2.24) is 10.3 Å². The predicted molar refractivity (Wildman–Crippen MR) is 77.1 cm³/mol. The smallest absolute Gasteiger partial charge is 0.133 e. The van der Waals surface area contributed by atoms with Crippen molar-refractivity contribution in [3.8, 4) is 9.88 Å². The van der Waals surface area contributed by atoms with Gasteiger partial charge in [-0.25, -0.2) is 4.98 Å². The summed E-state index contributed by atoms with van der Waals surface area (Å²) < 4.78 is 0. The van der Waals surface area contributed by atoms with Crippen LogP contribution in [0.2, 0.25) is 0 Å². The predicted octanol–water partition coefficient (Wildman–Crippen LogP) is 3.89. The maximum atomic E-state index is 4.79. The van der Waals surface area contributed by atoms with E-state index in [2.05, 4.69) is 36.0 Å². The van der Waals surface area contributed by atoms with Crippen LogP contribution in [0.1, 0.15) is 30.5 Å². The van der Waals surface area contributed by atoms with Gasteiger partial charge >= 0.3 is 0 Å². The number of aryl methyl sites for hydroxylation is 1. The topological polar surface area (TPSA) is 24.9 Å². The fourth-order valence-electron chi connectivity index (χ4n) is 1.87. The van der Waals surface area contributed by atoms with Crippen molar-refractivity contribution >= 4 is 22.7 Å². The van der Waals surface area contributed by atoms with E-state index in [0.29, 0.717) is 5.92 Å². The minimum atomic E-state index is 0.533. The van der Waals surface area contributed by atoms with Crippen molar-refractivity contribution < 1.29 is 0 Å². The van der Waals surface area contributed by atoms with Crippen LogP contribution in [0.4, 0.5) is 0 Å². The summed E-state index contributed by atoms with van der Waals surface area (Å²) in [6, 6.07) is 2.16. The van der Waals surface area contributed by atoms with Crippen molar-refractivity contribution in [2.45, 2.75) is 26.2 Å². The lowest BCUT2D eigenvalue weighted by Gasteiger charge is -2.10. The highest BCUT2D eigenvalue weighted by Crippen LogP contribution is 2.33. The molecule has 2 nitrogen and oxygen atoms in total. The highest BCUT2D eigenvalue weighted by molar-refractivity contribution is 7.20. The van der Waals surface area contributed by atoms with E-state index in [0.717, 1.165) is 13.0 Å². The van der Waals surface area contributed by atoms with Gasteiger partial charge in [-0.3, -0.25) is 0 Å². The Morgan fingerprint density at radius 1 is 1.41 bits per heavy atom. The number of likely N-dealkylation sites (N-methyl/N-ethyl adjacent to an activating group) is 1. The molecule has 1 N–H and O–H groups in total. The fraction of sp³-hybridized carbons (Fsp3) is 0.462. The molecule has 0 aliphatic carbocycles. The summed E-state index contributed by atoms with van der Waals surface area (Å²) in [4.78, 5) is 6.11. The van der Waals surface area contributed by atoms with Gasteiger partial charge in [-0.1, -0.05) is 6.92 Å². The van der Waals surface area contributed by atoms with Crippen LogP contribution in [0.25, 0.3) is 9.88 Å². The molecule has 1 unspecified atom stereocenters. The monoisotopic (exact) mass is 266 g/mol. The van der Waals surface area contributed by atoms with Crippen LogP contribution in [-0.4, -0.2) is 18.6 Å². The van der Waals surface area contributed by atoms with Crippen molar-refractivity contribution in [2.75, 3.05) is 13.6 Å². The third-order valence-corrected chi connectivity index (χ3v) is 4.97. The Kier molecular flexibility index (Phi) is 4.31. The molecule has 2 aromatic rings. The first-order valence-electron chi connectivity index (χ1n) is 5.90. The summed E-state index contributed by atoms with van der Waals surface area (Å²) in [5.41, 5.74) is 2.56. The minimum absolute atomic E-state index is 0.533. The minimum Gasteiger partial charge on any atom is -0.319 e. The molecule has 0 bridgehead atoms. The van der Waals surface area contributed by atoms with E-state index in [1.54, 1.807) is 22.7 Å². The second-order valence-electron chi connectivity index (χ2n) is 4.17. The molecule has 0 amide bonds. The zero-order chi connectivity index (χ0) is 12.3. The van der Waals surface area contributed by atoms with Crippen LogP contribution in [0.5, 0.6) is 0 Å². The SMILES string of the molecule is CCC(CNC)c1csc(-c2sccc2C)n1. The zero-order valence-electron chi connectivity index (χ0n) is 10.5. The molecular weight excluding hydrogens is 248 g/mol. The Morgan fingerprint density at radius 2 is 2.24 bits per heavy atom. The fourth-order valence-corrected chi connectivity index (χ4v) is 3.88. The quantitative estimate of drug-likeness (QED) is 0.888. The average molecular weight is 266 g/mol. The second kappa shape index (κ2) is 5.76. The summed E-state index contributed by atoms with van der Waals surface area (Å²) in [7, 11) is 2.00. The van der Waals surface area contributed by atoms with Crippen molar-refractivity contribution in [3.05, 3.63) is 28.1 Å². The standard InChI is InChI=1S/C13H18N2S2/c1-4-10(7-14-3)11-8-17-13(15-11)12-9(2)5-6-16-12/h5-6,8,10,14H,4,7H2,1-3H3. The van der Waals surface area contributed by atoms with Crippen LogP contribution in [-0.2, 0) is 0 Å². The maximum Gasteiger partial charge on any atom is 0.133 e. The zero-order valence-corrected chi connectivity index (χ0v) is 12.1. The largest absolute Gasteiger partial charge is 0.319 e. The molecule has 0 saturated heterocycles. The Hall–Kier alpha value is -0.710. The molecule has 92 valence electrons. The van der Waals surface area contributed by atoms with E-state index in [4.69, 9.17) is 4.98 Å². The molecule has 0 aliphatic heterocycles. The van der Waals surface area contributed by atoms with Crippen LogP contribution in [0.15, 0.2) is 16.8 Å². The Morgan fingerprint density at radius 3 is 2.82 bits per heavy atom. The van der Waals surface area contributed by atoms with Gasteiger partial charge in [0.15, 0.2) is 0 Å². The molecule has 0 saturated carbocycles. The van der Waals surface area contributed by atoms with Gasteiger partial charge in [0.25, 0.3) is 0 Å². The van der Waals surface area contributed by atoms with Gasteiger partial charge in [0.05, 0.1) is 10.6 Å². The molecule has 2 aromatic heterocycles. The Labute approximate surface area is 111 Å². The average Bonchev–Trinajstić information content (AvgIpc) is 2.94. The molecule has 2 rings (SSSR count). The summed E-state index contributed by atoms with van der Waals surface area (Å²) in [5.74, 6) is 0.533. The first-order chi connectivity index (χ1) is 8.26. The second-order valence-corrected chi connectivity index (χ2v) is 5.95. The lowest BCUT2D eigenvalue weighted by atomic mass is 10.0. The molecule has 17 heavy (non-hydrogen) atoms. The van der Waals surface area contributed by atoms with E-state index >= 15 is 0 Å². The highest BCUT2D eigenvalue weighted by atomic mass is 32.1. The molecule has 0 radical (unpaired) electrons. The number of hydrogen-bond acceptors (Lipinski definition) is 4. The van der Waals surface area contributed by atoms with Crippen LogP contribution in [0, 0.1) is 6.92 Å². The van der Waals surface area contributed by atoms with Crippen LogP contribution < -0.4 is 5.32 Å². The molecular formula is C13H18N2S2. The summed E-state index contributed by atoms with van der Waals surface area (Å²) >= 11 is 3.54. The van der Waals surface area contributed by atoms with Gasteiger partial charge in [0, 0.05) is 17.8 Å². The van der Waals surface area contributed by atoms with Gasteiger partial charge < -0.3 is 5.32 Å². The van der Waals surface area contributed by atoms with Gasteiger partial charge in [-0.15, -0.1) is 22.7 Å². The van der Waals surface area contributed by atoms with Crippen LogP contribution >= 0.6 is 22.7 Å². The van der Waals surface area contributed by atoms with E-state index in [9.17, 15) is 0 Å². The molecule has 0 aliphatic rings. The number of rotatable bonds is 5. The number of nitrogens with one attached hydrogen (secondary N) is 1. The Balaban J connectivity index is 2.24. The van der Waals surface area contributed by atoms with Crippen molar-refractivity contribution in [2.24, 2.45) is 0 Å². The van der Waals surface area contributed by atoms with E-state index in [-0.39, 0.29) is 0 Å². The highest BCUT2D eigenvalue weighted by Gasteiger charge is 2.14. The molecule has 4 heteroatoms. The molecule has 2 heterocycles. The molecule has 1 atom stereocenters. The lowest BCUT2D eigenvalue weighted by molar-refractivity contribution is 0.600. The first kappa shape index (κ1) is 12.7.